The molecule has 0 spiro atoms. The molecular weight excluding hydrogens is 294 g/mol. The fourth-order valence-corrected chi connectivity index (χ4v) is 1.78. The van der Waals surface area contributed by atoms with Gasteiger partial charge >= 0.3 is 5.97 Å². The molecule has 0 fully saturated rings. The summed E-state index contributed by atoms with van der Waals surface area (Å²) in [7, 11) is 0. The van der Waals surface area contributed by atoms with Crippen molar-refractivity contribution in [3.05, 3.63) is 64.7 Å². The number of hydrogen-bond donors (Lipinski definition) is 2. The Hall–Kier alpha value is -2.53. The van der Waals surface area contributed by atoms with E-state index in [2.05, 4.69) is 5.32 Å². The molecule has 0 aliphatic rings. The van der Waals surface area contributed by atoms with Crippen LogP contribution in [-0.2, 0) is 4.74 Å². The number of phenols is 1. The van der Waals surface area contributed by atoms with E-state index in [1.807, 2.05) is 0 Å². The fourth-order valence-electron chi connectivity index (χ4n) is 1.61. The van der Waals surface area contributed by atoms with Crippen LogP contribution in [0.4, 0.5) is 0 Å². The number of hydrogen-bond acceptors (Lipinski definition) is 4. The van der Waals surface area contributed by atoms with E-state index >= 15 is 0 Å². The first-order valence-corrected chi connectivity index (χ1v) is 6.44. The van der Waals surface area contributed by atoms with Crippen LogP contribution in [0.15, 0.2) is 48.5 Å². The summed E-state index contributed by atoms with van der Waals surface area (Å²) in [6.07, 6.45) is 0. The molecule has 0 bridgehead atoms. The number of nitrogens with one attached hydrogen (secondary N) is 1. The van der Waals surface area contributed by atoms with Gasteiger partial charge in [0.25, 0.3) is 5.91 Å². The van der Waals surface area contributed by atoms with Gasteiger partial charge in [-0.05, 0) is 30.3 Å². The van der Waals surface area contributed by atoms with Gasteiger partial charge in [0.1, 0.15) is 5.75 Å². The van der Waals surface area contributed by atoms with E-state index in [0.717, 1.165) is 0 Å². The molecule has 108 valence electrons. The number of phenolic OH excluding ortho intramolecular Hbond substituents is 1. The van der Waals surface area contributed by atoms with Gasteiger partial charge in [0.2, 0.25) is 0 Å². The van der Waals surface area contributed by atoms with Crippen molar-refractivity contribution in [1.82, 2.24) is 5.32 Å². The Morgan fingerprint density at radius 3 is 2.57 bits per heavy atom. The molecule has 0 aromatic heterocycles. The topological polar surface area (TPSA) is 75.6 Å². The van der Waals surface area contributed by atoms with Gasteiger partial charge in [-0.25, -0.2) is 4.79 Å². The molecule has 2 rings (SSSR count). The molecule has 6 heteroatoms. The van der Waals surface area contributed by atoms with Crippen LogP contribution in [0, 0.1) is 0 Å². The van der Waals surface area contributed by atoms with Gasteiger partial charge in [-0.3, -0.25) is 4.79 Å². The number of amides is 1. The molecule has 0 aliphatic heterocycles. The van der Waals surface area contributed by atoms with E-state index in [-0.39, 0.29) is 18.0 Å². The predicted molar refractivity (Wildman–Crippen MR) is 77.3 cm³/mol. The zero-order chi connectivity index (χ0) is 15.2. The lowest BCUT2D eigenvalue weighted by atomic mass is 10.2. The molecular formula is C15H12ClNO4. The van der Waals surface area contributed by atoms with E-state index < -0.39 is 11.9 Å². The monoisotopic (exact) mass is 305 g/mol. The average molecular weight is 306 g/mol. The number of carbonyl (C=O) groups is 2. The van der Waals surface area contributed by atoms with Crippen molar-refractivity contribution < 1.29 is 19.4 Å². The second-order valence-corrected chi connectivity index (χ2v) is 4.55. The first-order valence-electron chi connectivity index (χ1n) is 6.07. The summed E-state index contributed by atoms with van der Waals surface area (Å²) in [5.74, 6) is -1.34. The zero-order valence-corrected chi connectivity index (χ0v) is 11.6. The molecule has 0 heterocycles. The Kier molecular flexibility index (Phi) is 4.79. The third kappa shape index (κ3) is 3.97. The minimum absolute atomic E-state index is 0.0123. The molecule has 5 nitrogen and oxygen atoms in total. The second kappa shape index (κ2) is 6.76. The van der Waals surface area contributed by atoms with Crippen molar-refractivity contribution in [2.45, 2.75) is 0 Å². The van der Waals surface area contributed by atoms with Crippen molar-refractivity contribution in [2.24, 2.45) is 0 Å². The lowest BCUT2D eigenvalue weighted by Gasteiger charge is -2.08. The molecule has 0 saturated carbocycles. The van der Waals surface area contributed by atoms with Crippen LogP contribution >= 0.6 is 11.6 Å². The molecule has 0 atom stereocenters. The van der Waals surface area contributed by atoms with Gasteiger partial charge in [0.15, 0.2) is 6.73 Å². The first kappa shape index (κ1) is 14.9. The molecule has 0 aliphatic carbocycles. The summed E-state index contributed by atoms with van der Waals surface area (Å²) in [6.45, 7) is -0.307. The maximum absolute atomic E-state index is 11.8. The lowest BCUT2D eigenvalue weighted by molar-refractivity contribution is 0.0463. The maximum Gasteiger partial charge on any atom is 0.339 e. The van der Waals surface area contributed by atoms with Crippen LogP contribution in [0.3, 0.4) is 0 Å². The van der Waals surface area contributed by atoms with Crippen LogP contribution in [0.5, 0.6) is 5.75 Å². The summed E-state index contributed by atoms with van der Waals surface area (Å²) in [4.78, 5) is 23.5. The number of benzene rings is 2. The molecule has 2 aromatic rings. The number of rotatable bonds is 4. The Morgan fingerprint density at radius 2 is 1.86 bits per heavy atom. The summed E-state index contributed by atoms with van der Waals surface area (Å²) < 4.78 is 4.90. The third-order valence-electron chi connectivity index (χ3n) is 2.65. The van der Waals surface area contributed by atoms with Gasteiger partial charge in [-0.2, -0.15) is 0 Å². The minimum Gasteiger partial charge on any atom is -0.507 e. The van der Waals surface area contributed by atoms with E-state index in [0.29, 0.717) is 10.6 Å². The van der Waals surface area contributed by atoms with Gasteiger partial charge in [-0.15, -0.1) is 0 Å². The quantitative estimate of drug-likeness (QED) is 0.672. The fraction of sp³-hybridized carbons (Fsp3) is 0.0667. The summed E-state index contributed by atoms with van der Waals surface area (Å²) in [6, 6.07) is 12.5. The summed E-state index contributed by atoms with van der Waals surface area (Å²) in [5, 5.41) is 12.3. The highest BCUT2D eigenvalue weighted by atomic mass is 35.5. The van der Waals surface area contributed by atoms with Crippen molar-refractivity contribution in [2.75, 3.05) is 6.73 Å². The van der Waals surface area contributed by atoms with E-state index in [1.54, 1.807) is 30.3 Å². The number of aromatic hydroxyl groups is 1. The van der Waals surface area contributed by atoms with E-state index in [4.69, 9.17) is 16.3 Å². The number of halogens is 1. The van der Waals surface area contributed by atoms with Gasteiger partial charge in [-0.1, -0.05) is 29.8 Å². The van der Waals surface area contributed by atoms with Gasteiger partial charge in [0, 0.05) is 5.02 Å². The minimum atomic E-state index is -0.587. The first-order chi connectivity index (χ1) is 10.1. The van der Waals surface area contributed by atoms with Crippen molar-refractivity contribution in [3.8, 4) is 5.75 Å². The molecule has 21 heavy (non-hydrogen) atoms. The van der Waals surface area contributed by atoms with Crippen molar-refractivity contribution >= 4 is 23.5 Å². The smallest absolute Gasteiger partial charge is 0.339 e. The molecule has 2 N–H and O–H groups in total. The van der Waals surface area contributed by atoms with Crippen LogP contribution in [0.1, 0.15) is 20.7 Å². The standard InChI is InChI=1S/C15H12ClNO4/c16-11-6-7-13(18)12(8-11)14(19)17-9-21-15(20)10-4-2-1-3-5-10/h1-8,18H,9H2,(H,17,19). The van der Waals surface area contributed by atoms with Crippen LogP contribution in [0.25, 0.3) is 0 Å². The molecule has 0 radical (unpaired) electrons. The van der Waals surface area contributed by atoms with Crippen LogP contribution in [0.2, 0.25) is 5.02 Å². The molecule has 2 aromatic carbocycles. The zero-order valence-electron chi connectivity index (χ0n) is 10.9. The average Bonchev–Trinajstić information content (AvgIpc) is 2.50. The van der Waals surface area contributed by atoms with Gasteiger partial charge in [0.05, 0.1) is 11.1 Å². The summed E-state index contributed by atoms with van der Waals surface area (Å²) in [5.41, 5.74) is 0.399. The van der Waals surface area contributed by atoms with Crippen molar-refractivity contribution in [1.29, 1.82) is 0 Å². The third-order valence-corrected chi connectivity index (χ3v) is 2.88. The maximum atomic E-state index is 11.8. The predicted octanol–water partition coefficient (Wildman–Crippen LogP) is 2.59. The normalized spacial score (nSPS) is 9.95. The lowest BCUT2D eigenvalue weighted by Crippen LogP contribution is -2.27. The highest BCUT2D eigenvalue weighted by Crippen LogP contribution is 2.21. The molecule has 1 amide bonds. The van der Waals surface area contributed by atoms with Crippen molar-refractivity contribution in [3.63, 3.8) is 0 Å². The second-order valence-electron chi connectivity index (χ2n) is 4.11. The highest BCUT2D eigenvalue weighted by Gasteiger charge is 2.12. The number of ether oxygens (including phenoxy) is 1. The number of carbonyl (C=O) groups excluding carboxylic acids is 2. The Balaban J connectivity index is 1.90. The largest absolute Gasteiger partial charge is 0.507 e. The Labute approximate surface area is 126 Å². The van der Waals surface area contributed by atoms with Crippen LogP contribution in [-0.4, -0.2) is 23.7 Å². The molecule has 0 saturated heterocycles. The summed E-state index contributed by atoms with van der Waals surface area (Å²) >= 11 is 5.75. The molecule has 0 unspecified atom stereocenters. The Bertz CT molecular complexity index is 658. The van der Waals surface area contributed by atoms with Gasteiger partial charge < -0.3 is 15.2 Å². The van der Waals surface area contributed by atoms with E-state index in [1.165, 1.54) is 18.2 Å². The highest BCUT2D eigenvalue weighted by molar-refractivity contribution is 6.31. The Morgan fingerprint density at radius 1 is 1.14 bits per heavy atom. The SMILES string of the molecule is O=C(OCNC(=O)c1cc(Cl)ccc1O)c1ccccc1. The number of esters is 1. The van der Waals surface area contributed by atoms with E-state index in [9.17, 15) is 14.7 Å². The van der Waals surface area contributed by atoms with Crippen LogP contribution < -0.4 is 5.32 Å².